The lowest BCUT2D eigenvalue weighted by Gasteiger charge is -2.33. The van der Waals surface area contributed by atoms with Crippen LogP contribution in [0.1, 0.15) is 23.9 Å². The molecule has 0 bridgehead atoms. The van der Waals surface area contributed by atoms with E-state index in [-0.39, 0.29) is 6.04 Å². The lowest BCUT2D eigenvalue weighted by Crippen LogP contribution is -2.31. The standard InChI is InChI=1S/C24H24N6/c1-17-25-14-19-20(12-13-29(2)24(19)27-17)28-21-10-6-7-11-23(21)30-15-22(26-16-30)18-8-4-3-5-9-18/h3-11,14-16,20,28H,12-13H2,1-2H3. The van der Waals surface area contributed by atoms with Gasteiger partial charge in [0.05, 0.1) is 29.4 Å². The molecule has 1 atom stereocenters. The number of aromatic nitrogens is 4. The molecule has 6 nitrogen and oxygen atoms in total. The molecule has 0 aliphatic carbocycles. The number of imidazole rings is 1. The van der Waals surface area contributed by atoms with Crippen molar-refractivity contribution in [2.24, 2.45) is 0 Å². The second kappa shape index (κ2) is 7.63. The number of nitrogens with one attached hydrogen (secondary N) is 1. The third-order valence-electron chi connectivity index (χ3n) is 5.57. The molecular formula is C24H24N6. The van der Waals surface area contributed by atoms with Gasteiger partial charge in [0.2, 0.25) is 0 Å². The largest absolute Gasteiger partial charge is 0.376 e. The number of rotatable bonds is 4. The molecule has 30 heavy (non-hydrogen) atoms. The number of benzene rings is 2. The van der Waals surface area contributed by atoms with Crippen LogP contribution in [0, 0.1) is 6.92 Å². The number of hydrogen-bond donors (Lipinski definition) is 1. The molecule has 0 radical (unpaired) electrons. The van der Waals surface area contributed by atoms with E-state index >= 15 is 0 Å². The van der Waals surface area contributed by atoms with Crippen molar-refractivity contribution >= 4 is 11.5 Å². The van der Waals surface area contributed by atoms with E-state index < -0.39 is 0 Å². The van der Waals surface area contributed by atoms with Gasteiger partial charge in [-0.25, -0.2) is 15.0 Å². The highest BCUT2D eigenvalue weighted by molar-refractivity contribution is 5.65. The van der Waals surface area contributed by atoms with Crippen molar-refractivity contribution in [3.8, 4) is 16.9 Å². The smallest absolute Gasteiger partial charge is 0.137 e. The minimum Gasteiger partial charge on any atom is -0.376 e. The van der Waals surface area contributed by atoms with Crippen molar-refractivity contribution in [1.29, 1.82) is 0 Å². The van der Waals surface area contributed by atoms with E-state index in [9.17, 15) is 0 Å². The van der Waals surface area contributed by atoms with E-state index in [2.05, 4.69) is 79.4 Å². The summed E-state index contributed by atoms with van der Waals surface area (Å²) in [5.74, 6) is 1.81. The van der Waals surface area contributed by atoms with Gasteiger partial charge in [0, 0.05) is 37.1 Å². The fourth-order valence-electron chi connectivity index (χ4n) is 3.97. The van der Waals surface area contributed by atoms with E-state index in [1.807, 2.05) is 37.6 Å². The summed E-state index contributed by atoms with van der Waals surface area (Å²) in [6.45, 7) is 2.89. The van der Waals surface area contributed by atoms with Crippen molar-refractivity contribution in [3.05, 3.63) is 84.7 Å². The maximum absolute atomic E-state index is 4.66. The van der Waals surface area contributed by atoms with E-state index in [1.165, 1.54) is 0 Å². The molecule has 4 aromatic rings. The number of aryl methyl sites for hydroxylation is 1. The Morgan fingerprint density at radius 2 is 1.80 bits per heavy atom. The van der Waals surface area contributed by atoms with Gasteiger partial charge in [-0.1, -0.05) is 42.5 Å². The van der Waals surface area contributed by atoms with Crippen LogP contribution in [0.2, 0.25) is 0 Å². The van der Waals surface area contributed by atoms with Gasteiger partial charge in [-0.05, 0) is 25.5 Å². The maximum Gasteiger partial charge on any atom is 0.137 e. The Balaban J connectivity index is 1.47. The first-order valence-corrected chi connectivity index (χ1v) is 10.2. The molecule has 3 heterocycles. The highest BCUT2D eigenvalue weighted by Crippen LogP contribution is 2.35. The average molecular weight is 396 g/mol. The molecule has 5 rings (SSSR count). The minimum atomic E-state index is 0.162. The Morgan fingerprint density at radius 1 is 1.00 bits per heavy atom. The van der Waals surface area contributed by atoms with Crippen molar-refractivity contribution in [3.63, 3.8) is 0 Å². The van der Waals surface area contributed by atoms with E-state index in [4.69, 9.17) is 0 Å². The third kappa shape index (κ3) is 3.41. The summed E-state index contributed by atoms with van der Waals surface area (Å²) in [5.41, 5.74) is 5.34. The zero-order chi connectivity index (χ0) is 20.5. The predicted molar refractivity (Wildman–Crippen MR) is 120 cm³/mol. The monoisotopic (exact) mass is 396 g/mol. The molecule has 1 aliphatic heterocycles. The molecule has 2 aromatic carbocycles. The summed E-state index contributed by atoms with van der Waals surface area (Å²) < 4.78 is 2.08. The first kappa shape index (κ1) is 18.4. The van der Waals surface area contributed by atoms with Gasteiger partial charge in [0.25, 0.3) is 0 Å². The molecule has 0 saturated carbocycles. The predicted octanol–water partition coefficient (Wildman–Crippen LogP) is 4.63. The summed E-state index contributed by atoms with van der Waals surface area (Å²) in [7, 11) is 2.09. The van der Waals surface area contributed by atoms with Gasteiger partial charge in [-0.3, -0.25) is 0 Å². The van der Waals surface area contributed by atoms with Gasteiger partial charge >= 0.3 is 0 Å². The Morgan fingerprint density at radius 3 is 2.67 bits per heavy atom. The Bertz CT molecular complexity index is 1170. The highest BCUT2D eigenvalue weighted by atomic mass is 15.2. The fraction of sp³-hybridized carbons (Fsp3) is 0.208. The number of nitrogens with zero attached hydrogens (tertiary/aromatic N) is 5. The van der Waals surface area contributed by atoms with Crippen molar-refractivity contribution in [2.45, 2.75) is 19.4 Å². The van der Waals surface area contributed by atoms with Crippen molar-refractivity contribution in [2.75, 3.05) is 23.8 Å². The zero-order valence-electron chi connectivity index (χ0n) is 17.2. The lowest BCUT2D eigenvalue weighted by molar-refractivity contribution is 0.632. The van der Waals surface area contributed by atoms with Crippen LogP contribution >= 0.6 is 0 Å². The number of hydrogen-bond acceptors (Lipinski definition) is 5. The number of para-hydroxylation sites is 2. The molecule has 0 fully saturated rings. The van der Waals surface area contributed by atoms with Crippen LogP contribution in [0.5, 0.6) is 0 Å². The molecule has 2 aromatic heterocycles. The van der Waals surface area contributed by atoms with Crippen molar-refractivity contribution < 1.29 is 0 Å². The van der Waals surface area contributed by atoms with Crippen LogP contribution in [0.4, 0.5) is 11.5 Å². The summed E-state index contributed by atoms with van der Waals surface area (Å²) in [5, 5.41) is 3.74. The van der Waals surface area contributed by atoms with Gasteiger partial charge < -0.3 is 14.8 Å². The van der Waals surface area contributed by atoms with Gasteiger partial charge in [0.1, 0.15) is 11.6 Å². The second-order valence-corrected chi connectivity index (χ2v) is 7.65. The SMILES string of the molecule is Cc1ncc2c(n1)N(C)CCC2Nc1ccccc1-n1cnc(-c2ccccc2)c1. The molecule has 0 spiro atoms. The van der Waals surface area contributed by atoms with Gasteiger partial charge in [-0.2, -0.15) is 0 Å². The molecule has 1 aliphatic rings. The Kier molecular flexibility index (Phi) is 4.67. The molecule has 150 valence electrons. The average Bonchev–Trinajstić information content (AvgIpc) is 3.27. The summed E-state index contributed by atoms with van der Waals surface area (Å²) in [6.07, 6.45) is 6.89. The van der Waals surface area contributed by atoms with Crippen LogP contribution in [0.15, 0.2) is 73.3 Å². The van der Waals surface area contributed by atoms with Crippen LogP contribution < -0.4 is 10.2 Å². The Labute approximate surface area is 176 Å². The maximum atomic E-state index is 4.66. The van der Waals surface area contributed by atoms with Crippen LogP contribution in [-0.2, 0) is 0 Å². The fourth-order valence-corrected chi connectivity index (χ4v) is 3.97. The van der Waals surface area contributed by atoms with E-state index in [1.54, 1.807) is 0 Å². The van der Waals surface area contributed by atoms with E-state index in [0.717, 1.165) is 52.8 Å². The Hall–Kier alpha value is -3.67. The summed E-state index contributed by atoms with van der Waals surface area (Å²) in [4.78, 5) is 15.9. The normalized spacial score (nSPS) is 15.7. The summed E-state index contributed by atoms with van der Waals surface area (Å²) in [6, 6.07) is 18.7. The summed E-state index contributed by atoms with van der Waals surface area (Å²) >= 11 is 0. The van der Waals surface area contributed by atoms with E-state index in [0.29, 0.717) is 0 Å². The van der Waals surface area contributed by atoms with Crippen LogP contribution in [0.25, 0.3) is 16.9 Å². The molecule has 6 heteroatoms. The molecule has 0 amide bonds. The number of anilines is 2. The van der Waals surface area contributed by atoms with Crippen LogP contribution in [0.3, 0.4) is 0 Å². The lowest BCUT2D eigenvalue weighted by atomic mass is 10.0. The molecule has 1 N–H and O–H groups in total. The minimum absolute atomic E-state index is 0.162. The molecular weight excluding hydrogens is 372 g/mol. The zero-order valence-corrected chi connectivity index (χ0v) is 17.2. The van der Waals surface area contributed by atoms with Gasteiger partial charge in [-0.15, -0.1) is 0 Å². The van der Waals surface area contributed by atoms with Crippen LogP contribution in [-0.4, -0.2) is 33.1 Å². The molecule has 1 unspecified atom stereocenters. The first-order chi connectivity index (χ1) is 14.7. The van der Waals surface area contributed by atoms with Gasteiger partial charge in [0.15, 0.2) is 0 Å². The topological polar surface area (TPSA) is 58.9 Å². The quantitative estimate of drug-likeness (QED) is 0.545. The first-order valence-electron chi connectivity index (χ1n) is 10.2. The number of fused-ring (bicyclic) bond motifs is 1. The second-order valence-electron chi connectivity index (χ2n) is 7.65. The third-order valence-corrected chi connectivity index (χ3v) is 5.57. The highest BCUT2D eigenvalue weighted by Gasteiger charge is 2.25. The van der Waals surface area contributed by atoms with Crippen molar-refractivity contribution in [1.82, 2.24) is 19.5 Å². The molecule has 0 saturated heterocycles.